The van der Waals surface area contributed by atoms with Gasteiger partial charge in [-0.1, -0.05) is 44.6 Å². The van der Waals surface area contributed by atoms with Gasteiger partial charge in [0.2, 0.25) is 0 Å². The van der Waals surface area contributed by atoms with Crippen molar-refractivity contribution in [2.45, 2.75) is 32.1 Å². The molecule has 88 valence electrons. The summed E-state index contributed by atoms with van der Waals surface area (Å²) in [5.74, 6) is 1.41. The fourth-order valence-corrected chi connectivity index (χ4v) is 1.66. The van der Waals surface area contributed by atoms with Crippen molar-refractivity contribution in [1.29, 1.82) is 0 Å². The van der Waals surface area contributed by atoms with E-state index in [0.29, 0.717) is 5.88 Å². The maximum absolute atomic E-state index is 5.80. The zero-order valence-corrected chi connectivity index (χ0v) is 10.6. The molecule has 0 aliphatic carbocycles. The number of benzene rings is 1. The Balaban J connectivity index is 2.64. The van der Waals surface area contributed by atoms with Gasteiger partial charge in [-0.15, -0.1) is 11.6 Å². The Morgan fingerprint density at radius 3 is 2.81 bits per heavy atom. The van der Waals surface area contributed by atoms with Crippen LogP contribution in [0.15, 0.2) is 24.8 Å². The van der Waals surface area contributed by atoms with E-state index in [2.05, 4.69) is 13.5 Å². The van der Waals surface area contributed by atoms with Crippen LogP contribution in [0.5, 0.6) is 5.75 Å². The molecule has 0 saturated carbocycles. The van der Waals surface area contributed by atoms with Gasteiger partial charge in [0, 0.05) is 11.4 Å². The monoisotopic (exact) mass is 238 g/mol. The van der Waals surface area contributed by atoms with Gasteiger partial charge in [-0.3, -0.25) is 0 Å². The maximum atomic E-state index is 5.80. The van der Waals surface area contributed by atoms with Crippen LogP contribution < -0.4 is 4.74 Å². The first-order valence-corrected chi connectivity index (χ1v) is 6.29. The summed E-state index contributed by atoms with van der Waals surface area (Å²) in [6, 6.07) is 6.00. The molecular formula is C14H19ClO. The molecule has 1 rings (SSSR count). The molecule has 0 heterocycles. The van der Waals surface area contributed by atoms with Gasteiger partial charge in [0.05, 0.1) is 6.61 Å². The van der Waals surface area contributed by atoms with Crippen molar-refractivity contribution in [2.24, 2.45) is 0 Å². The van der Waals surface area contributed by atoms with Gasteiger partial charge >= 0.3 is 0 Å². The zero-order valence-electron chi connectivity index (χ0n) is 9.84. The van der Waals surface area contributed by atoms with Crippen LogP contribution in [0.3, 0.4) is 0 Å². The van der Waals surface area contributed by atoms with Crippen LogP contribution >= 0.6 is 11.6 Å². The highest BCUT2D eigenvalue weighted by Crippen LogP contribution is 2.22. The first-order chi connectivity index (χ1) is 7.81. The molecule has 0 N–H and O–H groups in total. The maximum Gasteiger partial charge on any atom is 0.126 e. The fourth-order valence-electron chi connectivity index (χ4n) is 1.49. The van der Waals surface area contributed by atoms with Crippen LogP contribution in [0.4, 0.5) is 0 Å². The van der Waals surface area contributed by atoms with Gasteiger partial charge in [-0.05, 0) is 18.1 Å². The number of hydrogen-bond acceptors (Lipinski definition) is 1. The van der Waals surface area contributed by atoms with Crippen LogP contribution in [-0.2, 0) is 5.88 Å². The third-order valence-corrected chi connectivity index (χ3v) is 2.77. The third kappa shape index (κ3) is 3.90. The molecule has 1 aromatic carbocycles. The van der Waals surface area contributed by atoms with E-state index in [-0.39, 0.29) is 0 Å². The van der Waals surface area contributed by atoms with Gasteiger partial charge in [-0.2, -0.15) is 0 Å². The second-order valence-corrected chi connectivity index (χ2v) is 4.03. The van der Waals surface area contributed by atoms with Gasteiger partial charge in [0.15, 0.2) is 0 Å². The average molecular weight is 239 g/mol. The number of rotatable bonds is 7. The van der Waals surface area contributed by atoms with Crippen LogP contribution in [0.25, 0.3) is 6.08 Å². The van der Waals surface area contributed by atoms with Crippen molar-refractivity contribution < 1.29 is 4.74 Å². The molecule has 1 nitrogen and oxygen atoms in total. The summed E-state index contributed by atoms with van der Waals surface area (Å²) in [6.45, 7) is 6.73. The first-order valence-electron chi connectivity index (χ1n) is 5.76. The molecule has 0 unspecified atom stereocenters. The second kappa shape index (κ2) is 7.34. The minimum absolute atomic E-state index is 0.517. The summed E-state index contributed by atoms with van der Waals surface area (Å²) in [7, 11) is 0. The van der Waals surface area contributed by atoms with Crippen LogP contribution in [0, 0.1) is 0 Å². The lowest BCUT2D eigenvalue weighted by atomic mass is 10.1. The van der Waals surface area contributed by atoms with Crippen molar-refractivity contribution in [3.05, 3.63) is 35.9 Å². The highest BCUT2D eigenvalue weighted by atomic mass is 35.5. The molecular weight excluding hydrogens is 220 g/mol. The third-order valence-electron chi connectivity index (χ3n) is 2.46. The van der Waals surface area contributed by atoms with Gasteiger partial charge in [0.1, 0.15) is 5.75 Å². The summed E-state index contributed by atoms with van der Waals surface area (Å²) in [4.78, 5) is 0. The van der Waals surface area contributed by atoms with Crippen LogP contribution in [0.2, 0.25) is 0 Å². The van der Waals surface area contributed by atoms with E-state index in [1.807, 2.05) is 24.3 Å². The molecule has 0 radical (unpaired) electrons. The number of ether oxygens (including phenoxy) is 1. The SMILES string of the molecule is C=Cc1ccc(CCl)cc1OCCCCC. The average Bonchev–Trinajstić information content (AvgIpc) is 2.34. The molecule has 0 aliphatic heterocycles. The minimum Gasteiger partial charge on any atom is -0.493 e. The quantitative estimate of drug-likeness (QED) is 0.497. The minimum atomic E-state index is 0.517. The summed E-state index contributed by atoms with van der Waals surface area (Å²) in [5, 5.41) is 0. The van der Waals surface area contributed by atoms with Gasteiger partial charge in [-0.25, -0.2) is 0 Å². The van der Waals surface area contributed by atoms with Gasteiger partial charge in [0.25, 0.3) is 0 Å². The summed E-state index contributed by atoms with van der Waals surface area (Å²) < 4.78 is 5.74. The highest BCUT2D eigenvalue weighted by molar-refractivity contribution is 6.17. The molecule has 0 aliphatic rings. The van der Waals surface area contributed by atoms with E-state index in [4.69, 9.17) is 16.3 Å². The van der Waals surface area contributed by atoms with E-state index in [1.54, 1.807) is 0 Å². The second-order valence-electron chi connectivity index (χ2n) is 3.77. The van der Waals surface area contributed by atoms with E-state index in [9.17, 15) is 0 Å². The summed E-state index contributed by atoms with van der Waals surface area (Å²) in [6.07, 6.45) is 5.32. The molecule has 1 aromatic rings. The van der Waals surface area contributed by atoms with E-state index in [1.165, 1.54) is 12.8 Å². The molecule has 0 spiro atoms. The van der Waals surface area contributed by atoms with Crippen molar-refractivity contribution >= 4 is 17.7 Å². The van der Waals surface area contributed by atoms with Crippen molar-refractivity contribution in [3.8, 4) is 5.75 Å². The number of unbranched alkanes of at least 4 members (excludes halogenated alkanes) is 2. The Kier molecular flexibility index (Phi) is 6.02. The van der Waals surface area contributed by atoms with Crippen LogP contribution in [-0.4, -0.2) is 6.61 Å². The summed E-state index contributed by atoms with van der Waals surface area (Å²) >= 11 is 5.80. The lowest BCUT2D eigenvalue weighted by Crippen LogP contribution is -1.99. The molecule has 16 heavy (non-hydrogen) atoms. The lowest BCUT2D eigenvalue weighted by molar-refractivity contribution is 0.305. The normalized spacial score (nSPS) is 10.1. The Morgan fingerprint density at radius 1 is 1.38 bits per heavy atom. The van der Waals surface area contributed by atoms with Crippen molar-refractivity contribution in [1.82, 2.24) is 0 Å². The molecule has 2 heteroatoms. The van der Waals surface area contributed by atoms with Crippen molar-refractivity contribution in [3.63, 3.8) is 0 Å². The molecule has 0 aromatic heterocycles. The molecule has 0 amide bonds. The smallest absolute Gasteiger partial charge is 0.126 e. The zero-order chi connectivity index (χ0) is 11.8. The molecule has 0 saturated heterocycles. The van der Waals surface area contributed by atoms with Crippen LogP contribution in [0.1, 0.15) is 37.3 Å². The Bertz CT molecular complexity index is 334. The fraction of sp³-hybridized carbons (Fsp3) is 0.429. The van der Waals surface area contributed by atoms with Gasteiger partial charge < -0.3 is 4.74 Å². The molecule has 0 fully saturated rings. The first kappa shape index (κ1) is 13.1. The highest BCUT2D eigenvalue weighted by Gasteiger charge is 2.02. The Hall–Kier alpha value is -0.950. The molecule has 0 bridgehead atoms. The topological polar surface area (TPSA) is 9.23 Å². The van der Waals surface area contributed by atoms with E-state index in [0.717, 1.165) is 29.9 Å². The predicted octanol–water partition coefficient (Wildman–Crippen LogP) is 4.64. The summed E-state index contributed by atoms with van der Waals surface area (Å²) in [5.41, 5.74) is 2.11. The predicted molar refractivity (Wildman–Crippen MR) is 71.1 cm³/mol. The van der Waals surface area contributed by atoms with Crippen molar-refractivity contribution in [2.75, 3.05) is 6.61 Å². The van der Waals surface area contributed by atoms with E-state index >= 15 is 0 Å². The van der Waals surface area contributed by atoms with E-state index < -0.39 is 0 Å². The molecule has 0 atom stereocenters. The Labute approximate surface area is 103 Å². The largest absolute Gasteiger partial charge is 0.493 e. The standard InChI is InChI=1S/C14H19ClO/c1-3-5-6-9-16-14-10-12(11-15)7-8-13(14)4-2/h4,7-8,10H,2-3,5-6,9,11H2,1H3. The Morgan fingerprint density at radius 2 is 2.19 bits per heavy atom. The lowest BCUT2D eigenvalue weighted by Gasteiger charge is -2.10. The number of hydrogen-bond donors (Lipinski definition) is 0. The number of alkyl halides is 1. The number of halogens is 1.